The Bertz CT molecular complexity index is 2320. The normalized spacial score (nSPS) is 22.7. The van der Waals surface area contributed by atoms with E-state index in [9.17, 15) is 8.78 Å². The second kappa shape index (κ2) is 20.4. The van der Waals surface area contributed by atoms with Crippen LogP contribution in [0.5, 0.6) is 0 Å². The van der Waals surface area contributed by atoms with Crippen molar-refractivity contribution in [3.63, 3.8) is 0 Å². The van der Waals surface area contributed by atoms with Gasteiger partial charge in [0.25, 0.3) is 0 Å². The predicted molar refractivity (Wildman–Crippen MR) is 284 cm³/mol. The van der Waals surface area contributed by atoms with E-state index in [-0.39, 0.29) is 27.8 Å². The van der Waals surface area contributed by atoms with Crippen molar-refractivity contribution in [1.82, 2.24) is 25.5 Å². The number of piperidine rings is 2. The van der Waals surface area contributed by atoms with E-state index in [2.05, 4.69) is 117 Å². The second-order valence-electron chi connectivity index (χ2n) is 21.6. The van der Waals surface area contributed by atoms with Crippen molar-refractivity contribution in [2.45, 2.75) is 159 Å². The van der Waals surface area contributed by atoms with Crippen LogP contribution < -0.4 is 30.7 Å². The number of benzene rings is 2. The van der Waals surface area contributed by atoms with Gasteiger partial charge in [0.15, 0.2) is 5.82 Å². The molecule has 3 N–H and O–H groups in total. The number of hydrogen-bond donors (Lipinski definition) is 4. The molecule has 5 heterocycles. The van der Waals surface area contributed by atoms with Crippen molar-refractivity contribution in [2.24, 2.45) is 5.41 Å². The Kier molecular flexibility index (Phi) is 15.0. The Hall–Kier alpha value is -4.55. The second-order valence-corrected chi connectivity index (χ2v) is 22.8. The van der Waals surface area contributed by atoms with E-state index in [0.29, 0.717) is 41.6 Å². The lowest BCUT2D eigenvalue weighted by Crippen LogP contribution is -2.63. The van der Waals surface area contributed by atoms with Crippen LogP contribution in [0, 0.1) is 17.0 Å². The zero-order chi connectivity index (χ0) is 48.5. The third-order valence-corrected chi connectivity index (χ3v) is 16.2. The van der Waals surface area contributed by atoms with Crippen LogP contribution in [0.1, 0.15) is 147 Å². The number of hydrogen-bond acceptors (Lipinski definition) is 10. The topological polar surface area (TPSA) is 74.8 Å². The molecule has 68 heavy (non-hydrogen) atoms. The van der Waals surface area contributed by atoms with Crippen molar-refractivity contribution < 1.29 is 8.78 Å². The molecule has 0 radical (unpaired) electrons. The first-order chi connectivity index (χ1) is 32.4. The molecular formula is C56H79F2N9S. The number of nitrogens with one attached hydrogen (secondary N) is 3. The monoisotopic (exact) mass is 948 g/mol. The van der Waals surface area contributed by atoms with E-state index in [1.165, 1.54) is 82.2 Å². The highest BCUT2D eigenvalue weighted by Crippen LogP contribution is 2.58. The number of likely N-dealkylation sites (tertiary alicyclic amines) is 1. The number of halogens is 2. The molecule has 2 unspecified atom stereocenters. The summed E-state index contributed by atoms with van der Waals surface area (Å²) in [5.41, 5.74) is 9.36. The van der Waals surface area contributed by atoms with Crippen LogP contribution in [0.3, 0.4) is 0 Å². The van der Waals surface area contributed by atoms with E-state index in [1.54, 1.807) is 0 Å². The van der Waals surface area contributed by atoms with E-state index in [1.807, 2.05) is 11.1 Å². The van der Waals surface area contributed by atoms with Gasteiger partial charge in [-0.15, -0.1) is 0 Å². The maximum absolute atomic E-state index is 14.5. The van der Waals surface area contributed by atoms with Gasteiger partial charge in [-0.2, -0.15) is 17.6 Å². The summed E-state index contributed by atoms with van der Waals surface area (Å²) < 4.78 is 28.9. The fourth-order valence-corrected chi connectivity index (χ4v) is 13.0. The first-order valence-corrected chi connectivity index (χ1v) is 26.2. The number of allylic oxidation sites excluding steroid dienone is 2. The maximum Gasteiger partial charge on any atom is 0.229 e. The fraction of sp³-hybridized carbons (Fsp3) is 0.571. The molecule has 5 fully saturated rings. The molecular weight excluding hydrogens is 869 g/mol. The van der Waals surface area contributed by atoms with Gasteiger partial charge in [0.1, 0.15) is 17.3 Å². The molecule has 368 valence electrons. The molecule has 12 heteroatoms. The zero-order valence-corrected chi connectivity index (χ0v) is 42.9. The van der Waals surface area contributed by atoms with Crippen LogP contribution in [-0.2, 0) is 6.42 Å². The molecule has 2 aromatic carbocycles. The summed E-state index contributed by atoms with van der Waals surface area (Å²) in [6.07, 6.45) is 18.4. The highest BCUT2D eigenvalue weighted by molar-refractivity contribution is 7.81. The van der Waals surface area contributed by atoms with Crippen molar-refractivity contribution in [1.29, 1.82) is 0 Å². The van der Waals surface area contributed by atoms with Gasteiger partial charge in [-0.3, -0.25) is 0 Å². The van der Waals surface area contributed by atoms with Gasteiger partial charge in [0.05, 0.1) is 12.2 Å². The van der Waals surface area contributed by atoms with E-state index in [0.717, 1.165) is 91.6 Å². The Labute approximate surface area is 412 Å². The largest absolute Gasteiger partial charge is 0.380 e. The average Bonchev–Trinajstić information content (AvgIpc) is 4.04. The third-order valence-electron chi connectivity index (χ3n) is 16.0. The molecule has 6 aliphatic rings. The number of thiol groups is 1. The van der Waals surface area contributed by atoms with Gasteiger partial charge in [-0.25, -0.2) is 13.8 Å². The summed E-state index contributed by atoms with van der Waals surface area (Å²) >= 11 is 4.99. The minimum absolute atomic E-state index is 0.0387. The fourth-order valence-electron chi connectivity index (χ4n) is 12.7. The van der Waals surface area contributed by atoms with E-state index < -0.39 is 11.6 Å². The smallest absolute Gasteiger partial charge is 0.229 e. The summed E-state index contributed by atoms with van der Waals surface area (Å²) in [5.74, 6) is 0.392. The van der Waals surface area contributed by atoms with Crippen LogP contribution in [0.2, 0.25) is 0 Å². The number of anilines is 5. The molecule has 2 saturated carbocycles. The highest BCUT2D eigenvalue weighted by Gasteiger charge is 2.56. The molecule has 3 aromatic rings. The number of aryl methyl sites for hydroxylation is 1. The molecule has 1 spiro atoms. The first kappa shape index (κ1) is 49.9. The zero-order valence-electron chi connectivity index (χ0n) is 42.1. The van der Waals surface area contributed by atoms with Gasteiger partial charge in [-0.05, 0) is 144 Å². The number of nitrogens with zero attached hydrogens (tertiary/aromatic N) is 6. The summed E-state index contributed by atoms with van der Waals surface area (Å²) in [5, 5.41) is 10.6. The van der Waals surface area contributed by atoms with Crippen LogP contribution in [0.15, 0.2) is 79.9 Å². The molecule has 0 bridgehead atoms. The number of rotatable bonds is 13. The Balaban J connectivity index is 0.000000247. The lowest BCUT2D eigenvalue weighted by atomic mass is 9.51. The van der Waals surface area contributed by atoms with Crippen LogP contribution in [0.4, 0.5) is 37.6 Å². The maximum atomic E-state index is 14.5. The van der Waals surface area contributed by atoms with Crippen molar-refractivity contribution in [3.05, 3.63) is 108 Å². The van der Waals surface area contributed by atoms with Crippen molar-refractivity contribution in [2.75, 3.05) is 59.8 Å². The summed E-state index contributed by atoms with van der Waals surface area (Å²) in [6.45, 7) is 33.4. The summed E-state index contributed by atoms with van der Waals surface area (Å²) in [6, 6.07) is 10.3. The molecule has 9 nitrogen and oxygen atoms in total. The lowest BCUT2D eigenvalue weighted by molar-refractivity contribution is -0.0464. The number of likely N-dealkylation sites (N-methyl/N-ethyl adjacent to an activating group) is 1. The third kappa shape index (κ3) is 10.6. The van der Waals surface area contributed by atoms with Crippen LogP contribution >= 0.6 is 12.6 Å². The molecule has 1 aromatic heterocycles. The van der Waals surface area contributed by atoms with Gasteiger partial charge in [0.2, 0.25) is 5.95 Å². The average molecular weight is 948 g/mol. The van der Waals surface area contributed by atoms with Gasteiger partial charge >= 0.3 is 0 Å². The first-order valence-electron chi connectivity index (χ1n) is 25.7. The Morgan fingerprint density at radius 3 is 2.22 bits per heavy atom. The minimum Gasteiger partial charge on any atom is -0.380 e. The van der Waals surface area contributed by atoms with Crippen LogP contribution in [0.25, 0.3) is 5.70 Å². The van der Waals surface area contributed by atoms with Gasteiger partial charge < -0.3 is 35.6 Å². The lowest BCUT2D eigenvalue weighted by Gasteiger charge is -2.61. The predicted octanol–water partition coefficient (Wildman–Crippen LogP) is 12.6. The van der Waals surface area contributed by atoms with E-state index >= 15 is 0 Å². The van der Waals surface area contributed by atoms with Gasteiger partial charge in [0, 0.05) is 82.1 Å². The quantitative estimate of drug-likeness (QED) is 0.125. The summed E-state index contributed by atoms with van der Waals surface area (Å²) in [7, 11) is 2.10. The van der Waals surface area contributed by atoms with Gasteiger partial charge in [-0.1, -0.05) is 79.8 Å². The molecule has 0 amide bonds. The molecule has 4 aliphatic heterocycles. The van der Waals surface area contributed by atoms with Crippen molar-refractivity contribution >= 4 is 47.2 Å². The van der Waals surface area contributed by atoms with E-state index in [4.69, 9.17) is 22.6 Å². The molecule has 9 rings (SSSR count). The molecule has 3 saturated heterocycles. The van der Waals surface area contributed by atoms with Crippen molar-refractivity contribution in [3.8, 4) is 0 Å². The minimum atomic E-state index is -0.475. The molecule has 2 aliphatic carbocycles. The summed E-state index contributed by atoms with van der Waals surface area (Å²) in [4.78, 5) is 19.3. The number of aromatic nitrogens is 2. The number of fused-ring (bicyclic) bond motifs is 1. The SMILES string of the molecule is C=C(NC1(CC(C)(C)S)CC2(CCN(CC)CC2)C1)c1ccc(Nc2ncc3c(n2)N(C2CCCC2)C(CC)C(=C)N3C)c(CC)c1.C=C1CCC(c2c(F)cc(N3CCCC3)cc2F)C(=C)N1. The Morgan fingerprint density at radius 2 is 1.62 bits per heavy atom. The Morgan fingerprint density at radius 1 is 0.941 bits per heavy atom. The van der Waals surface area contributed by atoms with Crippen LogP contribution in [-0.4, -0.2) is 77.0 Å². The highest BCUT2D eigenvalue weighted by atomic mass is 32.1. The molecule has 2 atom stereocenters. The standard InChI is InChI=1S/C39H59N7S.C17H20F2N2/c1-9-29-22-30(27(4)43-39(24-37(6,7)47)25-38(26-39)18-20-45(11-3)21-19-38)16-17-32(29)41-36-40-23-34-35(42-36)46(31-14-12-13-15-31)33(10-2)28(5)44(34)8;1-11-5-6-14(12(2)20-11)17-15(18)9-13(10-16(17)19)21-7-3-4-8-21/h16-17,22-23,31,33,43,47H,4-5,9-15,18-21,24-26H2,1-3,6-8H3,(H,40,41,42);9-10,14,20H,1-8H2.